The maximum atomic E-state index is 13.1. The van der Waals surface area contributed by atoms with E-state index in [0.29, 0.717) is 24.0 Å². The lowest BCUT2D eigenvalue weighted by Crippen LogP contribution is -2.26. The minimum absolute atomic E-state index is 0.00487. The van der Waals surface area contributed by atoms with Crippen LogP contribution in [0.3, 0.4) is 0 Å². The van der Waals surface area contributed by atoms with Crippen LogP contribution in [0.15, 0.2) is 18.2 Å². The Bertz CT molecular complexity index is 1110. The van der Waals surface area contributed by atoms with Crippen LogP contribution in [0.5, 0.6) is 17.2 Å². The van der Waals surface area contributed by atoms with Crippen molar-refractivity contribution in [2.75, 3.05) is 7.11 Å². The van der Waals surface area contributed by atoms with Gasteiger partial charge in [-0.2, -0.15) is 0 Å². The zero-order valence-electron chi connectivity index (χ0n) is 19.3. The first kappa shape index (κ1) is 27.0. The zero-order chi connectivity index (χ0) is 25.5. The van der Waals surface area contributed by atoms with Crippen molar-refractivity contribution in [2.45, 2.75) is 40.0 Å². The molecule has 0 heterocycles. The molecule has 1 atom stereocenters. The second-order valence-electron chi connectivity index (χ2n) is 7.00. The summed E-state index contributed by atoms with van der Waals surface area (Å²) in [4.78, 5) is 37.9. The molecule has 2 aliphatic rings. The monoisotopic (exact) mass is 448 g/mol. The van der Waals surface area contributed by atoms with Crippen LogP contribution in [0.25, 0.3) is 0 Å². The topological polar surface area (TPSA) is 101 Å². The summed E-state index contributed by atoms with van der Waals surface area (Å²) in [5, 5.41) is 21.6. The van der Waals surface area contributed by atoms with Gasteiger partial charge in [0.15, 0.2) is 5.78 Å². The van der Waals surface area contributed by atoms with Crippen molar-refractivity contribution in [1.29, 1.82) is 0 Å². The lowest BCUT2D eigenvalue weighted by Gasteiger charge is -2.29. The number of Topliss-reactive ketones (excluding diaryl/α,β-unsaturated/α-hetero) is 1. The number of benzene rings is 2. The van der Waals surface area contributed by atoms with Gasteiger partial charge in [-0.25, -0.2) is 0 Å². The number of phenolic OH excluding ortho intramolecular Hbond substituents is 2. The molecule has 0 bridgehead atoms. The van der Waals surface area contributed by atoms with Crippen molar-refractivity contribution >= 4 is 17.3 Å². The number of ketones is 3. The summed E-state index contributed by atoms with van der Waals surface area (Å²) in [6.45, 7) is 5.49. The van der Waals surface area contributed by atoms with E-state index in [1.54, 1.807) is 12.1 Å². The number of terminal acetylenes is 2. The van der Waals surface area contributed by atoms with Crippen LogP contribution in [0.1, 0.15) is 70.2 Å². The van der Waals surface area contributed by atoms with Gasteiger partial charge in [-0.3, -0.25) is 14.4 Å². The van der Waals surface area contributed by atoms with Crippen LogP contribution in [0.4, 0.5) is 0 Å². The van der Waals surface area contributed by atoms with Crippen molar-refractivity contribution in [3.63, 3.8) is 0 Å². The minimum atomic E-state index is -0.554. The van der Waals surface area contributed by atoms with Crippen molar-refractivity contribution in [2.24, 2.45) is 5.92 Å². The van der Waals surface area contributed by atoms with Gasteiger partial charge in [-0.1, -0.05) is 26.0 Å². The molecular formula is C27H28O6. The van der Waals surface area contributed by atoms with Crippen LogP contribution in [0.2, 0.25) is 0 Å². The van der Waals surface area contributed by atoms with Gasteiger partial charge in [0.2, 0.25) is 5.78 Å². The molecule has 0 aromatic heterocycles. The van der Waals surface area contributed by atoms with Crippen molar-refractivity contribution in [3.8, 4) is 42.9 Å². The molecule has 33 heavy (non-hydrogen) atoms. The molecule has 0 amide bonds. The predicted octanol–water partition coefficient (Wildman–Crippen LogP) is 4.10. The molecule has 6 nitrogen and oxygen atoms in total. The van der Waals surface area contributed by atoms with E-state index < -0.39 is 11.6 Å². The summed E-state index contributed by atoms with van der Waals surface area (Å²) in [5.41, 5.74) is 0.647. The Kier molecular flexibility index (Phi) is 9.45. The summed E-state index contributed by atoms with van der Waals surface area (Å²) >= 11 is 0. The van der Waals surface area contributed by atoms with Crippen molar-refractivity contribution in [3.05, 3.63) is 51.6 Å². The van der Waals surface area contributed by atoms with Gasteiger partial charge in [-0.15, -0.1) is 25.7 Å². The second-order valence-corrected chi connectivity index (χ2v) is 7.00. The average Bonchev–Trinajstić information content (AvgIpc) is 2.87. The summed E-state index contributed by atoms with van der Waals surface area (Å²) in [7, 11) is 1.40. The highest BCUT2D eigenvalue weighted by Gasteiger charge is 2.40. The van der Waals surface area contributed by atoms with Gasteiger partial charge < -0.3 is 14.9 Å². The van der Waals surface area contributed by atoms with Gasteiger partial charge >= 0.3 is 0 Å². The van der Waals surface area contributed by atoms with E-state index >= 15 is 0 Å². The molecule has 0 saturated heterocycles. The molecule has 0 unspecified atom stereocenters. The van der Waals surface area contributed by atoms with Gasteiger partial charge in [0.25, 0.3) is 0 Å². The lowest BCUT2D eigenvalue weighted by atomic mass is 9.75. The Morgan fingerprint density at radius 3 is 2.03 bits per heavy atom. The molecule has 2 aromatic rings. The first-order chi connectivity index (χ1) is 15.9. The highest BCUT2D eigenvalue weighted by Crippen LogP contribution is 2.47. The maximum Gasteiger partial charge on any atom is 0.202 e. The molecule has 0 saturated carbocycles. The number of hydrogen-bond acceptors (Lipinski definition) is 6. The van der Waals surface area contributed by atoms with Crippen LogP contribution in [0, 0.1) is 31.6 Å². The maximum absolute atomic E-state index is 13.1. The Hall–Kier alpha value is -4.03. The summed E-state index contributed by atoms with van der Waals surface area (Å²) in [6, 6.07) is 4.66. The van der Waals surface area contributed by atoms with E-state index in [1.165, 1.54) is 20.1 Å². The normalized spacial score (nSPS) is 14.8. The van der Waals surface area contributed by atoms with Crippen LogP contribution in [-0.4, -0.2) is 34.7 Å². The van der Waals surface area contributed by atoms with Crippen molar-refractivity contribution in [1.82, 2.24) is 0 Å². The number of ether oxygens (including phenoxy) is 1. The van der Waals surface area contributed by atoms with Crippen LogP contribution < -0.4 is 4.74 Å². The fourth-order valence-corrected chi connectivity index (χ4v) is 4.15. The Balaban J connectivity index is 0.000000841. The molecule has 0 fully saturated rings. The minimum Gasteiger partial charge on any atom is -0.507 e. The van der Waals surface area contributed by atoms with E-state index in [4.69, 9.17) is 4.74 Å². The molecule has 4 rings (SSSR count). The first-order valence-corrected chi connectivity index (χ1v) is 10.4. The molecule has 172 valence electrons. The molecule has 0 radical (unpaired) electrons. The third-order valence-electron chi connectivity index (χ3n) is 5.60. The smallest absolute Gasteiger partial charge is 0.202 e. The fourth-order valence-electron chi connectivity index (χ4n) is 4.15. The first-order valence-electron chi connectivity index (χ1n) is 10.4. The molecule has 2 N–H and O–H groups in total. The number of rotatable bonds is 2. The van der Waals surface area contributed by atoms with E-state index in [2.05, 4.69) is 25.7 Å². The number of carbonyl (C=O) groups is 3. The molecule has 2 aromatic carbocycles. The number of methoxy groups -OCH3 is 1. The molecule has 6 heteroatoms. The van der Waals surface area contributed by atoms with Gasteiger partial charge in [0, 0.05) is 22.6 Å². The standard InChI is InChI=1S/C21H18O6.C2H6.2C2H2/c1-9(22)10-6-7-11-13(8-10)20(25)16-17(18(11)23)21(26)15-12(19(16)24)4-3-5-14(15)27-2;3*1-2/h3-5,10,23,25H,6-8H2,1-2H3;1-2H3;2*1-2H/t10-;;;/m0.../s1. The van der Waals surface area contributed by atoms with Crippen LogP contribution >= 0.6 is 0 Å². The number of phenols is 2. The zero-order valence-corrected chi connectivity index (χ0v) is 19.3. The number of hydrogen-bond donors (Lipinski definition) is 2. The van der Waals surface area contributed by atoms with Crippen LogP contribution in [-0.2, 0) is 17.6 Å². The number of fused-ring (bicyclic) bond motifs is 3. The predicted molar refractivity (Wildman–Crippen MR) is 127 cm³/mol. The van der Waals surface area contributed by atoms with E-state index in [1.807, 2.05) is 13.8 Å². The van der Waals surface area contributed by atoms with Gasteiger partial charge in [0.05, 0.1) is 23.8 Å². The summed E-state index contributed by atoms with van der Waals surface area (Å²) < 4.78 is 5.21. The third kappa shape index (κ3) is 4.47. The quantitative estimate of drug-likeness (QED) is 0.452. The summed E-state index contributed by atoms with van der Waals surface area (Å²) in [6.07, 6.45) is 17.1. The molecule has 0 spiro atoms. The van der Waals surface area contributed by atoms with Crippen molar-refractivity contribution < 1.29 is 29.3 Å². The van der Waals surface area contributed by atoms with E-state index in [-0.39, 0.29) is 57.6 Å². The summed E-state index contributed by atoms with van der Waals surface area (Å²) in [5.74, 6) is -1.73. The largest absolute Gasteiger partial charge is 0.507 e. The highest BCUT2D eigenvalue weighted by atomic mass is 16.5. The molecule has 0 aliphatic heterocycles. The van der Waals surface area contributed by atoms with Gasteiger partial charge in [0.1, 0.15) is 23.0 Å². The molecular weight excluding hydrogens is 420 g/mol. The second kappa shape index (κ2) is 11.5. The average molecular weight is 449 g/mol. The molecule has 2 aliphatic carbocycles. The number of aromatic hydroxyl groups is 2. The number of carbonyl (C=O) groups excluding carboxylic acids is 3. The van der Waals surface area contributed by atoms with E-state index in [9.17, 15) is 24.6 Å². The van der Waals surface area contributed by atoms with Gasteiger partial charge in [-0.05, 0) is 32.3 Å². The lowest BCUT2D eigenvalue weighted by molar-refractivity contribution is -0.121. The van der Waals surface area contributed by atoms with E-state index in [0.717, 1.165) is 0 Å². The highest BCUT2D eigenvalue weighted by molar-refractivity contribution is 6.31. The Morgan fingerprint density at radius 2 is 1.48 bits per heavy atom. The Labute approximate surface area is 194 Å². The Morgan fingerprint density at radius 1 is 0.939 bits per heavy atom. The fraction of sp³-hybridized carbons (Fsp3) is 0.296. The third-order valence-corrected chi connectivity index (χ3v) is 5.60. The SMILES string of the molecule is C#C.C#C.CC.COc1cccc2c1C(=O)c1c(O)c3c(c(O)c1C2=O)C[C@@H](C(C)=O)CC3.